The van der Waals surface area contributed by atoms with E-state index in [0.29, 0.717) is 12.1 Å². The van der Waals surface area contributed by atoms with E-state index in [2.05, 4.69) is 0 Å². The van der Waals surface area contributed by atoms with Gasteiger partial charge in [-0.05, 0) is 12.1 Å². The third-order valence-corrected chi connectivity index (χ3v) is 5.06. The molecule has 5 nitrogen and oxygen atoms in total. The lowest BCUT2D eigenvalue weighted by atomic mass is 9.97. The van der Waals surface area contributed by atoms with Crippen LogP contribution in [0, 0.1) is 0 Å². The van der Waals surface area contributed by atoms with Crippen molar-refractivity contribution in [1.29, 1.82) is 0 Å². The third-order valence-electron chi connectivity index (χ3n) is 3.99. The van der Waals surface area contributed by atoms with Gasteiger partial charge in [-0.2, -0.15) is 52.7 Å². The van der Waals surface area contributed by atoms with Crippen molar-refractivity contribution >= 4 is 28.9 Å². The van der Waals surface area contributed by atoms with Crippen LogP contribution in [0.25, 0.3) is 0 Å². The summed E-state index contributed by atoms with van der Waals surface area (Å²) in [6.07, 6.45) is -24.8. The number of benzene rings is 1. The zero-order valence-corrected chi connectivity index (χ0v) is 16.7. The monoisotopic (exact) mass is 551 g/mol. The van der Waals surface area contributed by atoms with Crippen LogP contribution in [0.3, 0.4) is 0 Å². The first-order valence-corrected chi connectivity index (χ1v) is 9.11. The maximum atomic E-state index is 13.6. The van der Waals surface area contributed by atoms with E-state index in [9.17, 15) is 66.7 Å². The number of amidine groups is 1. The zero-order valence-electron chi connectivity index (χ0n) is 15.9. The molecule has 0 fully saturated rings. The lowest BCUT2D eigenvalue weighted by Crippen LogP contribution is -2.55. The predicted molar refractivity (Wildman–Crippen MR) is 91.5 cm³/mol. The maximum Gasteiger partial charge on any atom is 0.443 e. The van der Waals surface area contributed by atoms with Gasteiger partial charge in [0.25, 0.3) is 11.4 Å². The number of alkyl halides is 12. The number of carbonyl (C=O) groups excluding carboxylic acids is 2. The van der Waals surface area contributed by atoms with Gasteiger partial charge in [0.2, 0.25) is 5.83 Å². The largest absolute Gasteiger partial charge is 0.443 e. The van der Waals surface area contributed by atoms with E-state index in [0.717, 1.165) is 22.8 Å². The molecule has 35 heavy (non-hydrogen) atoms. The van der Waals surface area contributed by atoms with Crippen molar-refractivity contribution in [3.63, 3.8) is 0 Å². The van der Waals surface area contributed by atoms with E-state index < -0.39 is 81.0 Å². The van der Waals surface area contributed by atoms with Crippen LogP contribution in [0.1, 0.15) is 15.9 Å². The van der Waals surface area contributed by atoms with E-state index in [1.54, 1.807) is 0 Å². The molecule has 0 bridgehead atoms. The number of nitrogens with one attached hydrogen (secondary N) is 2. The van der Waals surface area contributed by atoms with Crippen LogP contribution in [0.15, 0.2) is 40.0 Å². The molecule has 3 amide bonds. The average molecular weight is 551 g/mol. The zero-order chi connectivity index (χ0) is 27.2. The van der Waals surface area contributed by atoms with E-state index in [1.165, 1.54) is 0 Å². The van der Waals surface area contributed by atoms with Crippen molar-refractivity contribution in [2.75, 3.05) is 0 Å². The molecule has 1 aliphatic heterocycles. The highest BCUT2D eigenvalue weighted by molar-refractivity contribution is 8.17. The van der Waals surface area contributed by atoms with Gasteiger partial charge in [-0.3, -0.25) is 15.4 Å². The minimum absolute atomic E-state index is 0.404. The Morgan fingerprint density at radius 1 is 0.857 bits per heavy atom. The summed E-state index contributed by atoms with van der Waals surface area (Å²) >= 11 is -1.20. The first-order chi connectivity index (χ1) is 15.6. The molecule has 0 aromatic heterocycles. The number of hydrogen-bond acceptors (Lipinski definition) is 4. The Kier molecular flexibility index (Phi) is 7.19. The van der Waals surface area contributed by atoms with E-state index in [4.69, 9.17) is 0 Å². The normalized spacial score (nSPS) is 18.1. The molecule has 194 valence electrons. The Hall–Kier alpha value is -2.99. The van der Waals surface area contributed by atoms with Gasteiger partial charge < -0.3 is 0 Å². The fourth-order valence-electron chi connectivity index (χ4n) is 2.55. The topological polar surface area (TPSA) is 70.6 Å². The summed E-state index contributed by atoms with van der Waals surface area (Å²) < 4.78 is 170. The minimum Gasteiger partial charge on any atom is -0.286 e. The quantitative estimate of drug-likeness (QED) is 0.430. The van der Waals surface area contributed by atoms with Crippen LogP contribution in [-0.4, -0.2) is 41.2 Å². The number of rotatable bonds is 1. The molecule has 1 aliphatic rings. The highest BCUT2D eigenvalue weighted by atomic mass is 32.2. The Balaban J connectivity index is 2.44. The first kappa shape index (κ1) is 28.2. The molecular formula is C16H6F13N3O2S. The molecule has 1 aromatic rings. The van der Waals surface area contributed by atoms with E-state index >= 15 is 0 Å². The van der Waals surface area contributed by atoms with Gasteiger partial charge in [0.05, 0.1) is 16.0 Å². The smallest absolute Gasteiger partial charge is 0.286 e. The molecular weight excluding hydrogens is 545 g/mol. The number of urea groups is 1. The number of carbonyl (C=O) groups is 2. The van der Waals surface area contributed by atoms with Crippen LogP contribution >= 0.6 is 11.8 Å². The molecule has 0 atom stereocenters. The highest BCUT2D eigenvalue weighted by Crippen LogP contribution is 2.59. The van der Waals surface area contributed by atoms with E-state index in [-0.39, 0.29) is 0 Å². The number of nitrogens with zero attached hydrogens (tertiary/aromatic N) is 1. The van der Waals surface area contributed by atoms with Crippen LogP contribution in [0.2, 0.25) is 0 Å². The molecule has 0 spiro atoms. The van der Waals surface area contributed by atoms with Crippen molar-refractivity contribution < 1.29 is 66.7 Å². The average Bonchev–Trinajstić information content (AvgIpc) is 3.06. The SMILES string of the molecule is O=C(NC(=O)c1ccccc1C(F)(F)F)NC1=NC(C(F)(F)F)(C(F)(F)F)C(=C(F)C(F)(F)F)S1. The number of imide groups is 1. The van der Waals surface area contributed by atoms with Crippen molar-refractivity contribution in [1.82, 2.24) is 10.6 Å². The Morgan fingerprint density at radius 2 is 1.37 bits per heavy atom. The Labute approximate surface area is 188 Å². The molecule has 0 radical (unpaired) electrons. The van der Waals surface area contributed by atoms with Crippen LogP contribution in [0.5, 0.6) is 0 Å². The standard InChI is InChI=1S/C16H6F13N3O2S/c17-7(14(21,22)23)8-12(15(24,25)26,16(27,28)29)32-11(35-8)31-10(34)30-9(33)5-3-1-2-4-6(5)13(18,19)20/h1-4H,(H2,30,31,32,33,34). The fourth-order valence-corrected chi connectivity index (χ4v) is 3.70. The molecule has 0 unspecified atom stereocenters. The molecule has 19 heteroatoms. The summed E-state index contributed by atoms with van der Waals surface area (Å²) in [4.78, 5) is 22.8. The molecule has 0 aliphatic carbocycles. The minimum atomic E-state index is -6.70. The van der Waals surface area contributed by atoms with Gasteiger partial charge in [-0.1, -0.05) is 23.9 Å². The van der Waals surface area contributed by atoms with E-state index in [1.807, 2.05) is 4.99 Å². The second-order valence-corrected chi connectivity index (χ2v) is 7.32. The van der Waals surface area contributed by atoms with Gasteiger partial charge in [-0.25, -0.2) is 14.2 Å². The van der Waals surface area contributed by atoms with Crippen molar-refractivity contribution in [3.05, 3.63) is 46.1 Å². The third kappa shape index (κ3) is 5.48. The fraction of sp³-hybridized carbons (Fsp3) is 0.312. The van der Waals surface area contributed by atoms with Gasteiger partial charge in [0.1, 0.15) is 0 Å². The van der Waals surface area contributed by atoms with Gasteiger partial charge >= 0.3 is 30.7 Å². The molecule has 0 saturated heterocycles. The summed E-state index contributed by atoms with van der Waals surface area (Å²) in [6, 6.07) is 0.648. The summed E-state index contributed by atoms with van der Waals surface area (Å²) in [5, 5.41) is 0.317. The molecule has 2 N–H and O–H groups in total. The van der Waals surface area contributed by atoms with Crippen LogP contribution in [0.4, 0.5) is 61.9 Å². The van der Waals surface area contributed by atoms with Gasteiger partial charge in [-0.15, -0.1) is 0 Å². The van der Waals surface area contributed by atoms with Crippen molar-refractivity contribution in [2.24, 2.45) is 4.99 Å². The van der Waals surface area contributed by atoms with Crippen molar-refractivity contribution in [2.45, 2.75) is 30.2 Å². The summed E-state index contributed by atoms with van der Waals surface area (Å²) in [5.74, 6) is -5.65. The number of halogens is 13. The summed E-state index contributed by atoms with van der Waals surface area (Å²) in [6.45, 7) is 0. The molecule has 2 rings (SSSR count). The number of aliphatic imine (C=N–C) groups is 1. The predicted octanol–water partition coefficient (Wildman–Crippen LogP) is 5.85. The van der Waals surface area contributed by atoms with Gasteiger partial charge in [0.15, 0.2) is 5.17 Å². The van der Waals surface area contributed by atoms with Crippen LogP contribution in [-0.2, 0) is 6.18 Å². The van der Waals surface area contributed by atoms with Crippen LogP contribution < -0.4 is 10.6 Å². The molecule has 0 saturated carbocycles. The first-order valence-electron chi connectivity index (χ1n) is 8.30. The number of allylic oxidation sites excluding steroid dienone is 1. The Bertz CT molecular complexity index is 1070. The summed E-state index contributed by atoms with van der Waals surface area (Å²) in [7, 11) is 0. The second-order valence-electron chi connectivity index (χ2n) is 6.32. The number of hydrogen-bond donors (Lipinski definition) is 2. The number of thioether (sulfide) groups is 1. The lowest BCUT2D eigenvalue weighted by Gasteiger charge is -2.31. The highest BCUT2D eigenvalue weighted by Gasteiger charge is 2.77. The summed E-state index contributed by atoms with van der Waals surface area (Å²) in [5.41, 5.74) is -8.55. The Morgan fingerprint density at radius 3 is 1.83 bits per heavy atom. The number of amides is 3. The van der Waals surface area contributed by atoms with Crippen molar-refractivity contribution in [3.8, 4) is 0 Å². The van der Waals surface area contributed by atoms with Gasteiger partial charge in [0, 0.05) is 0 Å². The molecule has 1 heterocycles. The lowest BCUT2D eigenvalue weighted by molar-refractivity contribution is -0.280. The molecule has 1 aromatic carbocycles. The maximum absolute atomic E-state index is 13.6. The second kappa shape index (κ2) is 8.90.